The third kappa shape index (κ3) is 2.66. The summed E-state index contributed by atoms with van der Waals surface area (Å²) in [4.78, 5) is 14.4. The van der Waals surface area contributed by atoms with Crippen LogP contribution < -0.4 is 0 Å². The number of benzene rings is 1. The summed E-state index contributed by atoms with van der Waals surface area (Å²) in [6.07, 6.45) is -0.160. The molecule has 3 heteroatoms. The Hall–Kier alpha value is -1.35. The molecule has 1 fully saturated rings. The lowest BCUT2D eigenvalue weighted by molar-refractivity contribution is 0.0307. The number of rotatable bonds is 2. The first kappa shape index (κ1) is 14.1. The van der Waals surface area contributed by atoms with E-state index in [0.717, 1.165) is 5.56 Å². The highest BCUT2D eigenvalue weighted by Gasteiger charge is 2.41. The van der Waals surface area contributed by atoms with Crippen LogP contribution in [0.5, 0.6) is 0 Å². The molecule has 1 amide bonds. The lowest BCUT2D eigenvalue weighted by Crippen LogP contribution is -2.47. The number of carbonyl (C=O) groups excluding carboxylic acids is 1. The molecule has 1 atom stereocenters. The molecule has 1 aliphatic heterocycles. The van der Waals surface area contributed by atoms with Gasteiger partial charge in [-0.25, -0.2) is 0 Å². The molecule has 0 aliphatic carbocycles. The number of amides is 1. The third-order valence-electron chi connectivity index (χ3n) is 3.74. The number of ether oxygens (including phenoxy) is 1. The van der Waals surface area contributed by atoms with E-state index in [9.17, 15) is 4.79 Å². The Balaban J connectivity index is 2.24. The van der Waals surface area contributed by atoms with Crippen LogP contribution in [0.4, 0.5) is 0 Å². The minimum Gasteiger partial charge on any atom is -0.356 e. The number of nitrogens with zero attached hydrogens (tertiary/aromatic N) is 1. The van der Waals surface area contributed by atoms with E-state index < -0.39 is 0 Å². The second kappa shape index (κ2) is 4.97. The van der Waals surface area contributed by atoms with Crippen LogP contribution in [-0.2, 0) is 4.74 Å². The summed E-state index contributed by atoms with van der Waals surface area (Å²) < 4.78 is 5.59. The van der Waals surface area contributed by atoms with Gasteiger partial charge in [0.1, 0.15) is 6.23 Å². The highest BCUT2D eigenvalue weighted by atomic mass is 16.5. The van der Waals surface area contributed by atoms with Crippen LogP contribution in [0.1, 0.15) is 56.5 Å². The smallest absolute Gasteiger partial charge is 0.256 e. The summed E-state index contributed by atoms with van der Waals surface area (Å²) >= 11 is 0. The zero-order chi connectivity index (χ0) is 14.2. The summed E-state index contributed by atoms with van der Waals surface area (Å²) in [5.41, 5.74) is 1.74. The molecule has 3 nitrogen and oxygen atoms in total. The predicted octanol–water partition coefficient (Wildman–Crippen LogP) is 3.41. The molecule has 0 saturated carbocycles. The first-order chi connectivity index (χ1) is 8.83. The van der Waals surface area contributed by atoms with Gasteiger partial charge in [0.2, 0.25) is 0 Å². The van der Waals surface area contributed by atoms with E-state index in [-0.39, 0.29) is 17.7 Å². The van der Waals surface area contributed by atoms with Gasteiger partial charge in [0, 0.05) is 5.56 Å². The molecule has 1 unspecified atom stereocenters. The Morgan fingerprint density at radius 2 is 1.89 bits per heavy atom. The quantitative estimate of drug-likeness (QED) is 0.816. The molecule has 1 aliphatic rings. The average molecular weight is 261 g/mol. The highest BCUT2D eigenvalue weighted by Crippen LogP contribution is 2.28. The topological polar surface area (TPSA) is 29.5 Å². The maximum absolute atomic E-state index is 12.6. The monoisotopic (exact) mass is 261 g/mol. The average Bonchev–Trinajstić information content (AvgIpc) is 2.63. The molecule has 1 aromatic carbocycles. The van der Waals surface area contributed by atoms with Crippen LogP contribution in [0.15, 0.2) is 24.3 Å². The first-order valence-electron chi connectivity index (χ1n) is 6.88. The van der Waals surface area contributed by atoms with Crippen molar-refractivity contribution in [1.29, 1.82) is 0 Å². The molecule has 0 N–H and O–H groups in total. The number of hydrogen-bond donors (Lipinski definition) is 0. The summed E-state index contributed by atoms with van der Waals surface area (Å²) in [6, 6.07) is 7.90. The Kier molecular flexibility index (Phi) is 3.68. The minimum absolute atomic E-state index is 0.0466. The van der Waals surface area contributed by atoms with Crippen LogP contribution in [0.25, 0.3) is 0 Å². The molecule has 0 spiro atoms. The van der Waals surface area contributed by atoms with Crippen molar-refractivity contribution in [3.05, 3.63) is 35.4 Å². The lowest BCUT2D eigenvalue weighted by atomic mass is 10.00. The van der Waals surface area contributed by atoms with Gasteiger partial charge < -0.3 is 9.64 Å². The second-order valence-corrected chi connectivity index (χ2v) is 6.17. The maximum atomic E-state index is 12.6. The van der Waals surface area contributed by atoms with Gasteiger partial charge in [-0.15, -0.1) is 0 Å². The molecule has 19 heavy (non-hydrogen) atoms. The van der Waals surface area contributed by atoms with Crippen molar-refractivity contribution in [2.24, 2.45) is 0 Å². The van der Waals surface area contributed by atoms with Crippen molar-refractivity contribution in [2.45, 2.75) is 52.3 Å². The van der Waals surface area contributed by atoms with Gasteiger partial charge in [0.15, 0.2) is 0 Å². The van der Waals surface area contributed by atoms with E-state index in [2.05, 4.69) is 13.8 Å². The first-order valence-corrected chi connectivity index (χ1v) is 6.88. The Labute approximate surface area is 115 Å². The van der Waals surface area contributed by atoms with E-state index in [4.69, 9.17) is 4.74 Å². The van der Waals surface area contributed by atoms with E-state index in [1.807, 2.05) is 49.9 Å². The van der Waals surface area contributed by atoms with Gasteiger partial charge in [-0.3, -0.25) is 4.79 Å². The molecule has 0 radical (unpaired) electrons. The Morgan fingerprint density at radius 3 is 2.32 bits per heavy atom. The Morgan fingerprint density at radius 1 is 1.32 bits per heavy atom. The van der Waals surface area contributed by atoms with Gasteiger partial charge in [-0.05, 0) is 44.4 Å². The van der Waals surface area contributed by atoms with E-state index in [1.165, 1.54) is 5.56 Å². The van der Waals surface area contributed by atoms with E-state index in [1.54, 1.807) is 0 Å². The number of hydrogen-bond acceptors (Lipinski definition) is 2. The predicted molar refractivity (Wildman–Crippen MR) is 76.2 cm³/mol. The van der Waals surface area contributed by atoms with Gasteiger partial charge >= 0.3 is 0 Å². The van der Waals surface area contributed by atoms with Crippen LogP contribution in [-0.4, -0.2) is 29.2 Å². The summed E-state index contributed by atoms with van der Waals surface area (Å²) in [6.45, 7) is 10.9. The van der Waals surface area contributed by atoms with Gasteiger partial charge in [-0.2, -0.15) is 0 Å². The lowest BCUT2D eigenvalue weighted by Gasteiger charge is -2.32. The molecule has 1 saturated heterocycles. The highest BCUT2D eigenvalue weighted by molar-refractivity contribution is 5.95. The molecular formula is C16H23NO2. The zero-order valence-corrected chi connectivity index (χ0v) is 12.4. The van der Waals surface area contributed by atoms with Crippen molar-refractivity contribution < 1.29 is 9.53 Å². The van der Waals surface area contributed by atoms with Crippen LogP contribution in [0.3, 0.4) is 0 Å². The zero-order valence-electron chi connectivity index (χ0n) is 12.4. The molecule has 1 aromatic rings. The summed E-state index contributed by atoms with van der Waals surface area (Å²) in [5, 5.41) is 0. The molecular weight excluding hydrogens is 238 g/mol. The van der Waals surface area contributed by atoms with Crippen LogP contribution >= 0.6 is 0 Å². The van der Waals surface area contributed by atoms with Crippen molar-refractivity contribution in [1.82, 2.24) is 4.90 Å². The molecule has 2 rings (SSSR count). The minimum atomic E-state index is -0.243. The second-order valence-electron chi connectivity index (χ2n) is 6.17. The molecule has 0 bridgehead atoms. The molecule has 0 aromatic heterocycles. The largest absolute Gasteiger partial charge is 0.356 e. The van der Waals surface area contributed by atoms with E-state index >= 15 is 0 Å². The van der Waals surface area contributed by atoms with Crippen molar-refractivity contribution >= 4 is 5.91 Å². The maximum Gasteiger partial charge on any atom is 0.256 e. The van der Waals surface area contributed by atoms with Crippen LogP contribution in [0, 0.1) is 0 Å². The van der Waals surface area contributed by atoms with Gasteiger partial charge in [0.25, 0.3) is 5.91 Å². The number of carbonyl (C=O) groups is 1. The molecule has 1 heterocycles. The van der Waals surface area contributed by atoms with E-state index in [0.29, 0.717) is 12.5 Å². The summed E-state index contributed by atoms with van der Waals surface area (Å²) in [5.74, 6) is 0.528. The standard InChI is InChI=1S/C16H23NO2/c1-11(2)13-6-8-14(9-7-13)15(18)17-12(3)19-10-16(17,4)5/h6-9,11-12H,10H2,1-5H3. The molecule has 104 valence electrons. The van der Waals surface area contributed by atoms with Gasteiger partial charge in [0.05, 0.1) is 12.1 Å². The normalized spacial score (nSPS) is 22.0. The van der Waals surface area contributed by atoms with Gasteiger partial charge in [-0.1, -0.05) is 26.0 Å². The van der Waals surface area contributed by atoms with Crippen molar-refractivity contribution in [3.8, 4) is 0 Å². The fourth-order valence-corrected chi connectivity index (χ4v) is 2.55. The fourth-order valence-electron chi connectivity index (χ4n) is 2.55. The Bertz CT molecular complexity index is 462. The van der Waals surface area contributed by atoms with Crippen molar-refractivity contribution in [2.75, 3.05) is 6.61 Å². The third-order valence-corrected chi connectivity index (χ3v) is 3.74. The van der Waals surface area contributed by atoms with Crippen molar-refractivity contribution in [3.63, 3.8) is 0 Å². The summed E-state index contributed by atoms with van der Waals surface area (Å²) in [7, 11) is 0. The van der Waals surface area contributed by atoms with Crippen LogP contribution in [0.2, 0.25) is 0 Å². The SMILES string of the molecule is CC(C)c1ccc(C(=O)N2C(C)OCC2(C)C)cc1. The fraction of sp³-hybridized carbons (Fsp3) is 0.562.